The molecule has 40 heavy (non-hydrogen) atoms. The molecule has 0 radical (unpaired) electrons. The highest BCUT2D eigenvalue weighted by molar-refractivity contribution is 14.1. The molecule has 1 fully saturated rings. The van der Waals surface area contributed by atoms with Crippen LogP contribution < -0.4 is 4.90 Å². The lowest BCUT2D eigenvalue weighted by Gasteiger charge is -2.35. The van der Waals surface area contributed by atoms with E-state index in [0.29, 0.717) is 40.9 Å². The Morgan fingerprint density at radius 2 is 1.90 bits per heavy atom. The quantitative estimate of drug-likeness (QED) is 0.201. The van der Waals surface area contributed by atoms with Crippen LogP contribution in [0.15, 0.2) is 24.5 Å². The second kappa shape index (κ2) is 11.0. The maximum atomic E-state index is 14.5. The van der Waals surface area contributed by atoms with Gasteiger partial charge in [-0.05, 0) is 55.9 Å². The van der Waals surface area contributed by atoms with Crippen LogP contribution in [0.5, 0.6) is 0 Å². The highest BCUT2D eigenvalue weighted by atomic mass is 127. The molecule has 1 saturated heterocycles. The van der Waals surface area contributed by atoms with Crippen LogP contribution in [-0.4, -0.2) is 65.5 Å². The van der Waals surface area contributed by atoms with Gasteiger partial charge in [-0.25, -0.2) is 8.78 Å². The third-order valence-electron chi connectivity index (χ3n) is 8.73. The number of fused-ring (bicyclic) bond motifs is 2. The maximum absolute atomic E-state index is 14.5. The highest BCUT2D eigenvalue weighted by Crippen LogP contribution is 2.43. The molecule has 8 nitrogen and oxygen atoms in total. The van der Waals surface area contributed by atoms with Crippen LogP contribution in [0.4, 0.5) is 20.3 Å². The number of hydrogen-bond donors (Lipinski definition) is 0. The Morgan fingerprint density at radius 3 is 2.55 bits per heavy atom. The molecule has 0 saturated carbocycles. The van der Waals surface area contributed by atoms with Crippen molar-refractivity contribution in [3.63, 3.8) is 0 Å². The average molecular weight is 664 g/mol. The molecule has 0 N–H and O–H groups in total. The molecule has 1 unspecified atom stereocenters. The second-order valence-electron chi connectivity index (χ2n) is 11.3. The Balaban J connectivity index is 1.43. The molecule has 3 aromatic rings. The predicted molar refractivity (Wildman–Crippen MR) is 159 cm³/mol. The number of anilines is 2. The topological polar surface area (TPSA) is 62.4 Å². The van der Waals surface area contributed by atoms with E-state index in [2.05, 4.69) is 49.1 Å². The summed E-state index contributed by atoms with van der Waals surface area (Å²) in [6, 6.07) is 3.89. The third kappa shape index (κ3) is 5.03. The Hall–Kier alpha value is -2.54. The SMILES string of the molecule is CC(=O)N1CCc2c(c(N3CCCc4cc(-c5cnn(C)c5)c(C(F)F)cc43)nn2C2CCN(C(C)I)CC2)C1. The standard InChI is InChI=1S/C29H36F2IN7O/c1-18(32)36-10-6-22(7-11-36)39-26-8-12-37(19(2)40)17-25(26)29(34-39)38-9-4-5-20-13-23(21-15-33-35(3)16-21)24(28(30)31)14-27(20)38/h13-16,18,22,28H,4-12,17H2,1-3H3. The van der Waals surface area contributed by atoms with Gasteiger partial charge in [0.2, 0.25) is 5.91 Å². The fraction of sp³-hybridized carbons (Fsp3) is 0.552. The third-order valence-corrected chi connectivity index (χ3v) is 9.52. The van der Waals surface area contributed by atoms with E-state index in [4.69, 9.17) is 5.10 Å². The van der Waals surface area contributed by atoms with Crippen molar-refractivity contribution in [3.8, 4) is 11.1 Å². The number of likely N-dealkylation sites (tertiary alicyclic amines) is 1. The monoisotopic (exact) mass is 663 g/mol. The van der Waals surface area contributed by atoms with Gasteiger partial charge >= 0.3 is 0 Å². The van der Waals surface area contributed by atoms with Gasteiger partial charge in [-0.1, -0.05) is 22.6 Å². The molecule has 1 amide bonds. The number of alkyl halides is 3. The first-order chi connectivity index (χ1) is 19.2. The number of nitrogens with zero attached hydrogens (tertiary/aromatic N) is 7. The summed E-state index contributed by atoms with van der Waals surface area (Å²) < 4.78 is 33.3. The number of carbonyl (C=O) groups excluding carboxylic acids is 1. The Bertz CT molecular complexity index is 1410. The molecular weight excluding hydrogens is 627 g/mol. The largest absolute Gasteiger partial charge is 0.338 e. The van der Waals surface area contributed by atoms with E-state index in [1.807, 2.05) is 11.0 Å². The minimum absolute atomic E-state index is 0.0117. The number of carbonyl (C=O) groups is 1. The van der Waals surface area contributed by atoms with Gasteiger partial charge in [0.25, 0.3) is 6.43 Å². The molecular formula is C29H36F2IN7O. The molecule has 2 aromatic heterocycles. The lowest BCUT2D eigenvalue weighted by Crippen LogP contribution is -2.39. The zero-order valence-electron chi connectivity index (χ0n) is 23.3. The maximum Gasteiger partial charge on any atom is 0.264 e. The summed E-state index contributed by atoms with van der Waals surface area (Å²) in [6.07, 6.45) is 5.34. The van der Waals surface area contributed by atoms with Crippen LogP contribution in [-0.2, 0) is 31.2 Å². The van der Waals surface area contributed by atoms with E-state index in [9.17, 15) is 13.6 Å². The van der Waals surface area contributed by atoms with Crippen molar-refractivity contribution >= 4 is 40.0 Å². The minimum atomic E-state index is -2.62. The molecule has 3 aliphatic heterocycles. The van der Waals surface area contributed by atoms with Crippen molar-refractivity contribution in [2.24, 2.45) is 7.05 Å². The van der Waals surface area contributed by atoms with Gasteiger partial charge in [0.1, 0.15) is 0 Å². The molecule has 6 rings (SSSR count). The molecule has 11 heteroatoms. The normalized spacial score (nSPS) is 19.2. The number of amides is 1. The summed E-state index contributed by atoms with van der Waals surface area (Å²) in [5.74, 6) is 0.870. The lowest BCUT2D eigenvalue weighted by molar-refractivity contribution is -0.129. The van der Waals surface area contributed by atoms with E-state index in [-0.39, 0.29) is 11.5 Å². The number of benzene rings is 1. The first kappa shape index (κ1) is 27.6. The first-order valence-corrected chi connectivity index (χ1v) is 15.4. The Labute approximate surface area is 247 Å². The summed E-state index contributed by atoms with van der Waals surface area (Å²) >= 11 is 2.48. The van der Waals surface area contributed by atoms with E-state index in [0.717, 1.165) is 67.8 Å². The smallest absolute Gasteiger partial charge is 0.264 e. The van der Waals surface area contributed by atoms with Crippen LogP contribution in [0.3, 0.4) is 0 Å². The van der Waals surface area contributed by atoms with E-state index in [1.165, 1.54) is 5.69 Å². The van der Waals surface area contributed by atoms with Crippen molar-refractivity contribution in [2.75, 3.05) is 31.1 Å². The molecule has 0 bridgehead atoms. The van der Waals surface area contributed by atoms with Gasteiger partial charge in [0.15, 0.2) is 5.82 Å². The molecule has 1 atom stereocenters. The highest BCUT2D eigenvalue weighted by Gasteiger charge is 2.35. The Morgan fingerprint density at radius 1 is 1.12 bits per heavy atom. The zero-order valence-corrected chi connectivity index (χ0v) is 25.4. The summed E-state index contributed by atoms with van der Waals surface area (Å²) in [7, 11) is 1.79. The zero-order chi connectivity index (χ0) is 28.1. The Kier molecular flexibility index (Phi) is 7.62. The van der Waals surface area contributed by atoms with E-state index in [1.54, 1.807) is 37.1 Å². The summed E-state index contributed by atoms with van der Waals surface area (Å²) in [4.78, 5) is 18.9. The van der Waals surface area contributed by atoms with Crippen LogP contribution in [0, 0.1) is 0 Å². The molecule has 0 spiro atoms. The van der Waals surface area contributed by atoms with Crippen LogP contribution in [0.1, 0.15) is 68.0 Å². The number of piperidine rings is 1. The van der Waals surface area contributed by atoms with Gasteiger partial charge in [0.05, 0.1) is 22.8 Å². The number of hydrogen-bond acceptors (Lipinski definition) is 5. The number of rotatable bonds is 5. The number of halogens is 3. The van der Waals surface area contributed by atoms with Gasteiger partial charge in [-0.3, -0.25) is 19.1 Å². The fourth-order valence-corrected chi connectivity index (χ4v) is 7.12. The summed E-state index contributed by atoms with van der Waals surface area (Å²) in [5, 5.41) is 9.46. The first-order valence-electron chi connectivity index (χ1n) is 14.2. The van der Waals surface area contributed by atoms with Crippen molar-refractivity contribution in [1.29, 1.82) is 0 Å². The summed E-state index contributed by atoms with van der Waals surface area (Å²) in [6.45, 7) is 7.78. The molecule has 0 aliphatic carbocycles. The molecule has 3 aliphatic rings. The van der Waals surface area contributed by atoms with Gasteiger partial charge in [0, 0.05) is 80.8 Å². The van der Waals surface area contributed by atoms with E-state index >= 15 is 0 Å². The number of aromatic nitrogens is 4. The van der Waals surface area contributed by atoms with Gasteiger partial charge in [-0.2, -0.15) is 10.2 Å². The van der Waals surface area contributed by atoms with Crippen LogP contribution in [0.25, 0.3) is 11.1 Å². The predicted octanol–water partition coefficient (Wildman–Crippen LogP) is 5.63. The number of aryl methyl sites for hydroxylation is 2. The second-order valence-corrected chi connectivity index (χ2v) is 13.1. The van der Waals surface area contributed by atoms with Crippen molar-refractivity contribution in [1.82, 2.24) is 29.4 Å². The van der Waals surface area contributed by atoms with Crippen LogP contribution in [0.2, 0.25) is 0 Å². The van der Waals surface area contributed by atoms with E-state index < -0.39 is 6.43 Å². The lowest BCUT2D eigenvalue weighted by atomic mass is 9.92. The van der Waals surface area contributed by atoms with Gasteiger partial charge < -0.3 is 9.80 Å². The minimum Gasteiger partial charge on any atom is -0.338 e. The van der Waals surface area contributed by atoms with Gasteiger partial charge in [-0.15, -0.1) is 0 Å². The molecule has 214 valence electrons. The van der Waals surface area contributed by atoms with Crippen LogP contribution >= 0.6 is 22.6 Å². The average Bonchev–Trinajstić information content (AvgIpc) is 3.55. The van der Waals surface area contributed by atoms with Crippen molar-refractivity contribution < 1.29 is 13.6 Å². The molecule has 1 aromatic carbocycles. The fourth-order valence-electron chi connectivity index (χ4n) is 6.56. The van der Waals surface area contributed by atoms with Crippen molar-refractivity contribution in [2.45, 2.75) is 69.0 Å². The van der Waals surface area contributed by atoms with Crippen molar-refractivity contribution in [3.05, 3.63) is 46.9 Å². The molecule has 5 heterocycles. The summed E-state index contributed by atoms with van der Waals surface area (Å²) in [5.41, 5.74) is 5.35.